The highest BCUT2D eigenvalue weighted by Crippen LogP contribution is 2.37. The fraction of sp³-hybridized carbons (Fsp3) is 0.333. The third-order valence-corrected chi connectivity index (χ3v) is 3.42. The Bertz CT molecular complexity index is 681. The largest absolute Gasteiger partial charge is 0.481 e. The van der Waals surface area contributed by atoms with Crippen LogP contribution in [0.2, 0.25) is 5.15 Å². The average molecular weight is 362 g/mol. The van der Waals surface area contributed by atoms with Gasteiger partial charge in [0.1, 0.15) is 11.0 Å². The number of ether oxygens (including phenoxy) is 1. The van der Waals surface area contributed by atoms with Gasteiger partial charge in [0.2, 0.25) is 5.88 Å². The standard InChI is InChI=1S/C15H15ClF3N3O2/c1-24-13-5-3-11(15(17,18)19)14(21-13)22(6-7-23)9-10-2-4-12(16)20-8-10/h2-5,8,23H,6-7,9H2,1H3. The first-order valence-electron chi connectivity index (χ1n) is 6.93. The summed E-state index contributed by atoms with van der Waals surface area (Å²) in [6, 6.07) is 5.24. The molecule has 0 aliphatic rings. The van der Waals surface area contributed by atoms with Crippen molar-refractivity contribution in [3.05, 3.63) is 46.7 Å². The summed E-state index contributed by atoms with van der Waals surface area (Å²) in [5.41, 5.74) is -0.274. The number of pyridine rings is 2. The molecule has 0 aliphatic heterocycles. The lowest BCUT2D eigenvalue weighted by Gasteiger charge is -2.26. The van der Waals surface area contributed by atoms with Crippen molar-refractivity contribution in [2.75, 3.05) is 25.2 Å². The number of alkyl halides is 3. The molecule has 2 aromatic heterocycles. The molecule has 2 aromatic rings. The molecule has 5 nitrogen and oxygen atoms in total. The van der Waals surface area contributed by atoms with E-state index in [9.17, 15) is 18.3 Å². The van der Waals surface area contributed by atoms with Gasteiger partial charge in [0.15, 0.2) is 0 Å². The molecular formula is C15H15ClF3N3O2. The third-order valence-electron chi connectivity index (χ3n) is 3.20. The number of aliphatic hydroxyl groups excluding tert-OH is 1. The molecule has 0 aliphatic carbocycles. The van der Waals surface area contributed by atoms with E-state index in [1.54, 1.807) is 6.07 Å². The van der Waals surface area contributed by atoms with Crippen LogP contribution in [0.4, 0.5) is 19.0 Å². The van der Waals surface area contributed by atoms with Gasteiger partial charge in [-0.25, -0.2) is 4.98 Å². The molecule has 0 unspecified atom stereocenters. The van der Waals surface area contributed by atoms with E-state index in [2.05, 4.69) is 9.97 Å². The van der Waals surface area contributed by atoms with Gasteiger partial charge in [-0.05, 0) is 17.7 Å². The Kier molecular flexibility index (Phi) is 5.84. The molecule has 9 heteroatoms. The SMILES string of the molecule is COc1ccc(C(F)(F)F)c(N(CCO)Cc2ccc(Cl)nc2)n1. The third kappa shape index (κ3) is 4.48. The first-order chi connectivity index (χ1) is 11.3. The van der Waals surface area contributed by atoms with Gasteiger partial charge < -0.3 is 14.7 Å². The molecule has 0 fully saturated rings. The summed E-state index contributed by atoms with van der Waals surface area (Å²) in [6.07, 6.45) is -3.12. The van der Waals surface area contributed by atoms with Gasteiger partial charge in [-0.15, -0.1) is 0 Å². The highest BCUT2D eigenvalue weighted by atomic mass is 35.5. The van der Waals surface area contributed by atoms with Crippen molar-refractivity contribution in [3.8, 4) is 5.88 Å². The van der Waals surface area contributed by atoms with E-state index in [1.165, 1.54) is 24.3 Å². The van der Waals surface area contributed by atoms with E-state index in [0.29, 0.717) is 5.56 Å². The maximum Gasteiger partial charge on any atom is 0.419 e. The molecule has 130 valence electrons. The Morgan fingerprint density at radius 1 is 1.25 bits per heavy atom. The normalized spacial score (nSPS) is 11.4. The number of hydrogen-bond acceptors (Lipinski definition) is 5. The van der Waals surface area contributed by atoms with Gasteiger partial charge in [-0.3, -0.25) is 0 Å². The molecule has 1 N–H and O–H groups in total. The maximum absolute atomic E-state index is 13.3. The molecule has 0 atom stereocenters. The van der Waals surface area contributed by atoms with Crippen molar-refractivity contribution in [1.29, 1.82) is 0 Å². The number of rotatable bonds is 6. The van der Waals surface area contributed by atoms with Crippen molar-refractivity contribution >= 4 is 17.4 Å². The molecule has 0 amide bonds. The summed E-state index contributed by atoms with van der Waals surface area (Å²) in [7, 11) is 1.32. The second kappa shape index (κ2) is 7.67. The lowest BCUT2D eigenvalue weighted by molar-refractivity contribution is -0.137. The van der Waals surface area contributed by atoms with Crippen molar-refractivity contribution in [2.24, 2.45) is 0 Å². The molecule has 0 bridgehead atoms. The number of aliphatic hydroxyl groups is 1. The van der Waals surface area contributed by atoms with Crippen LogP contribution >= 0.6 is 11.6 Å². The molecular weight excluding hydrogens is 347 g/mol. The predicted molar refractivity (Wildman–Crippen MR) is 83.2 cm³/mol. The van der Waals surface area contributed by atoms with Crippen LogP contribution in [0.25, 0.3) is 0 Å². The van der Waals surface area contributed by atoms with Crippen LogP contribution in [0.1, 0.15) is 11.1 Å². The minimum absolute atomic E-state index is 0.0358. The van der Waals surface area contributed by atoms with Crippen LogP contribution in [0.15, 0.2) is 30.5 Å². The summed E-state index contributed by atoms with van der Waals surface area (Å²) in [4.78, 5) is 9.13. The minimum atomic E-state index is -4.58. The topological polar surface area (TPSA) is 58.5 Å². The number of methoxy groups -OCH3 is 1. The molecule has 0 radical (unpaired) electrons. The van der Waals surface area contributed by atoms with Crippen molar-refractivity contribution in [3.63, 3.8) is 0 Å². The number of aromatic nitrogens is 2. The summed E-state index contributed by atoms with van der Waals surface area (Å²) in [6.45, 7) is -0.295. The van der Waals surface area contributed by atoms with Crippen LogP contribution in [0, 0.1) is 0 Å². The Morgan fingerprint density at radius 2 is 2.00 bits per heavy atom. The van der Waals surface area contributed by atoms with Crippen molar-refractivity contribution in [1.82, 2.24) is 9.97 Å². The Hall–Kier alpha value is -2.06. The lowest BCUT2D eigenvalue weighted by Crippen LogP contribution is -2.29. The Balaban J connectivity index is 2.43. The van der Waals surface area contributed by atoms with E-state index in [0.717, 1.165) is 12.1 Å². The van der Waals surface area contributed by atoms with Gasteiger partial charge in [0, 0.05) is 25.4 Å². The van der Waals surface area contributed by atoms with Gasteiger partial charge in [0.25, 0.3) is 0 Å². The van der Waals surface area contributed by atoms with Crippen LogP contribution in [0.5, 0.6) is 5.88 Å². The summed E-state index contributed by atoms with van der Waals surface area (Å²) >= 11 is 5.71. The second-order valence-electron chi connectivity index (χ2n) is 4.86. The summed E-state index contributed by atoms with van der Waals surface area (Å²) in [5.74, 6) is -0.263. The molecule has 2 rings (SSSR count). The van der Waals surface area contributed by atoms with Crippen LogP contribution < -0.4 is 9.64 Å². The zero-order valence-electron chi connectivity index (χ0n) is 12.7. The summed E-state index contributed by atoms with van der Waals surface area (Å²) < 4.78 is 44.7. The molecule has 2 heterocycles. The molecule has 0 aromatic carbocycles. The molecule has 0 saturated carbocycles. The van der Waals surface area contributed by atoms with Crippen molar-refractivity contribution < 1.29 is 23.0 Å². The van der Waals surface area contributed by atoms with Crippen LogP contribution in [-0.2, 0) is 12.7 Å². The molecule has 0 spiro atoms. The highest BCUT2D eigenvalue weighted by molar-refractivity contribution is 6.29. The zero-order chi connectivity index (χ0) is 17.7. The molecule has 24 heavy (non-hydrogen) atoms. The van der Waals surface area contributed by atoms with E-state index in [1.807, 2.05) is 0 Å². The average Bonchev–Trinajstić information content (AvgIpc) is 2.55. The number of nitrogens with zero attached hydrogens (tertiary/aromatic N) is 3. The number of halogens is 4. The lowest BCUT2D eigenvalue weighted by atomic mass is 10.2. The predicted octanol–water partition coefficient (Wildman–Crippen LogP) is 3.16. The monoisotopic (exact) mass is 361 g/mol. The quantitative estimate of drug-likeness (QED) is 0.801. The van der Waals surface area contributed by atoms with Crippen LogP contribution in [-0.4, -0.2) is 35.3 Å². The van der Waals surface area contributed by atoms with Crippen LogP contribution in [0.3, 0.4) is 0 Å². The van der Waals surface area contributed by atoms with Gasteiger partial charge in [0.05, 0.1) is 19.3 Å². The zero-order valence-corrected chi connectivity index (χ0v) is 13.5. The van der Waals surface area contributed by atoms with E-state index >= 15 is 0 Å². The minimum Gasteiger partial charge on any atom is -0.481 e. The Morgan fingerprint density at radius 3 is 2.54 bits per heavy atom. The number of anilines is 1. The van der Waals surface area contributed by atoms with E-state index in [-0.39, 0.29) is 36.5 Å². The fourth-order valence-corrected chi connectivity index (χ4v) is 2.22. The summed E-state index contributed by atoms with van der Waals surface area (Å²) in [5, 5.41) is 9.50. The van der Waals surface area contributed by atoms with Gasteiger partial charge >= 0.3 is 6.18 Å². The number of hydrogen-bond donors (Lipinski definition) is 1. The smallest absolute Gasteiger partial charge is 0.419 e. The highest BCUT2D eigenvalue weighted by Gasteiger charge is 2.36. The first-order valence-corrected chi connectivity index (χ1v) is 7.31. The van der Waals surface area contributed by atoms with E-state index in [4.69, 9.17) is 16.3 Å². The van der Waals surface area contributed by atoms with Gasteiger partial charge in [-0.1, -0.05) is 17.7 Å². The maximum atomic E-state index is 13.3. The first kappa shape index (κ1) is 18.3. The second-order valence-corrected chi connectivity index (χ2v) is 5.24. The van der Waals surface area contributed by atoms with Crippen molar-refractivity contribution in [2.45, 2.75) is 12.7 Å². The Labute approximate surface area is 141 Å². The fourth-order valence-electron chi connectivity index (χ4n) is 2.11. The van der Waals surface area contributed by atoms with E-state index < -0.39 is 11.7 Å². The molecule has 0 saturated heterocycles. The van der Waals surface area contributed by atoms with Gasteiger partial charge in [-0.2, -0.15) is 18.2 Å².